The molecule has 20 heavy (non-hydrogen) atoms. The highest BCUT2D eigenvalue weighted by Gasteiger charge is 2.23. The number of pyridine rings is 1. The number of esters is 1. The van der Waals surface area contributed by atoms with Crippen LogP contribution in [0.1, 0.15) is 32.0 Å². The summed E-state index contributed by atoms with van der Waals surface area (Å²) in [6.07, 6.45) is 1.55. The Morgan fingerprint density at radius 3 is 2.60 bits per heavy atom. The molecular formula is C13H20N2O4S. The number of sulfone groups is 1. The van der Waals surface area contributed by atoms with E-state index in [1.165, 1.54) is 0 Å². The van der Waals surface area contributed by atoms with Gasteiger partial charge in [-0.15, -0.1) is 0 Å². The normalized spacial score (nSPS) is 12.2. The van der Waals surface area contributed by atoms with Crippen molar-refractivity contribution in [3.8, 4) is 0 Å². The summed E-state index contributed by atoms with van der Waals surface area (Å²) in [6, 6.07) is 3.28. The van der Waals surface area contributed by atoms with Gasteiger partial charge in [0.25, 0.3) is 0 Å². The van der Waals surface area contributed by atoms with Crippen molar-refractivity contribution >= 4 is 15.8 Å². The summed E-state index contributed by atoms with van der Waals surface area (Å²) in [4.78, 5) is 15.6. The Kier molecular flexibility index (Phi) is 5.24. The molecule has 1 aromatic heterocycles. The van der Waals surface area contributed by atoms with Gasteiger partial charge in [0.1, 0.15) is 11.4 Å². The molecular weight excluding hydrogens is 280 g/mol. The molecule has 1 heterocycles. The van der Waals surface area contributed by atoms with Crippen molar-refractivity contribution in [3.05, 3.63) is 29.6 Å². The molecule has 6 nitrogen and oxygen atoms in total. The van der Waals surface area contributed by atoms with Crippen molar-refractivity contribution < 1.29 is 17.9 Å². The fourth-order valence-corrected chi connectivity index (χ4v) is 2.88. The zero-order valence-corrected chi connectivity index (χ0v) is 12.7. The molecule has 7 heteroatoms. The van der Waals surface area contributed by atoms with E-state index in [1.54, 1.807) is 39.1 Å². The third-order valence-corrected chi connectivity index (χ3v) is 3.74. The zero-order valence-electron chi connectivity index (χ0n) is 11.9. The van der Waals surface area contributed by atoms with Crippen molar-refractivity contribution in [2.75, 3.05) is 5.75 Å². The minimum absolute atomic E-state index is 0.151. The molecule has 0 fully saturated rings. The maximum atomic E-state index is 12.0. The van der Waals surface area contributed by atoms with Crippen LogP contribution in [0.2, 0.25) is 0 Å². The lowest BCUT2D eigenvalue weighted by Gasteiger charge is -2.19. The predicted molar refractivity (Wildman–Crippen MR) is 75.5 cm³/mol. The lowest BCUT2D eigenvalue weighted by Crippen LogP contribution is -2.29. The molecule has 1 aromatic rings. The second kappa shape index (κ2) is 6.32. The molecule has 0 aliphatic carbocycles. The van der Waals surface area contributed by atoms with Gasteiger partial charge in [0, 0.05) is 12.7 Å². The van der Waals surface area contributed by atoms with Crippen molar-refractivity contribution in [2.24, 2.45) is 5.73 Å². The van der Waals surface area contributed by atoms with Gasteiger partial charge >= 0.3 is 5.97 Å². The first-order valence-corrected chi connectivity index (χ1v) is 8.00. The van der Waals surface area contributed by atoms with Crippen molar-refractivity contribution in [1.82, 2.24) is 4.98 Å². The number of nitrogens with two attached hydrogens (primary N) is 1. The second-order valence-electron chi connectivity index (χ2n) is 5.43. The van der Waals surface area contributed by atoms with Crippen molar-refractivity contribution in [1.29, 1.82) is 0 Å². The number of carbonyl (C=O) groups excluding carboxylic acids is 1. The first-order valence-electron chi connectivity index (χ1n) is 6.18. The molecule has 0 aliphatic heterocycles. The molecule has 0 saturated carbocycles. The summed E-state index contributed by atoms with van der Waals surface area (Å²) in [5.74, 6) is -1.67. The first-order chi connectivity index (χ1) is 9.13. The molecule has 0 atom stereocenters. The quantitative estimate of drug-likeness (QED) is 0.807. The van der Waals surface area contributed by atoms with Crippen LogP contribution in [0.4, 0.5) is 0 Å². The maximum Gasteiger partial charge on any atom is 0.321 e. The highest BCUT2D eigenvalue weighted by Crippen LogP contribution is 2.12. The summed E-state index contributed by atoms with van der Waals surface area (Å²) in [5.41, 5.74) is 5.83. The number of hydrogen-bond donors (Lipinski definition) is 1. The molecule has 0 unspecified atom stereocenters. The first kappa shape index (κ1) is 16.6. The van der Waals surface area contributed by atoms with E-state index in [0.717, 1.165) is 0 Å². The summed E-state index contributed by atoms with van der Waals surface area (Å²) in [5, 5.41) is 0. The van der Waals surface area contributed by atoms with Gasteiger partial charge in [-0.25, -0.2) is 8.42 Å². The van der Waals surface area contributed by atoms with Crippen molar-refractivity contribution in [3.63, 3.8) is 0 Å². The summed E-state index contributed by atoms with van der Waals surface area (Å²) < 4.78 is 29.0. The molecule has 0 saturated heterocycles. The standard InChI is InChI=1S/C13H20N2O4S/c1-13(2,3)19-12(16)9-20(17,18)8-10-5-4-6-15-11(10)7-14/h4-6H,7-9,14H2,1-3H3. The third-order valence-electron chi connectivity index (χ3n) is 2.31. The van der Waals surface area contributed by atoms with E-state index in [9.17, 15) is 13.2 Å². The van der Waals surface area contributed by atoms with Crippen LogP contribution in [0.15, 0.2) is 18.3 Å². The van der Waals surface area contributed by atoms with Crippen LogP contribution in [0.5, 0.6) is 0 Å². The Hall–Kier alpha value is -1.47. The van der Waals surface area contributed by atoms with E-state index in [0.29, 0.717) is 11.3 Å². The van der Waals surface area contributed by atoms with Gasteiger partial charge in [-0.05, 0) is 32.4 Å². The Bertz CT molecular complexity index is 576. The van der Waals surface area contributed by atoms with Gasteiger partial charge in [0.05, 0.1) is 11.4 Å². The minimum atomic E-state index is -3.61. The van der Waals surface area contributed by atoms with Gasteiger partial charge in [0.2, 0.25) is 0 Å². The second-order valence-corrected chi connectivity index (χ2v) is 7.50. The Morgan fingerprint density at radius 1 is 1.40 bits per heavy atom. The number of ether oxygens (including phenoxy) is 1. The van der Waals surface area contributed by atoms with Crippen LogP contribution < -0.4 is 5.73 Å². The van der Waals surface area contributed by atoms with Crippen LogP contribution in [-0.4, -0.2) is 30.7 Å². The predicted octanol–water partition coefficient (Wildman–Crippen LogP) is 0.797. The smallest absolute Gasteiger partial charge is 0.321 e. The largest absolute Gasteiger partial charge is 0.459 e. The molecule has 0 bridgehead atoms. The van der Waals surface area contributed by atoms with Crippen LogP contribution in [-0.2, 0) is 31.7 Å². The number of carbonyl (C=O) groups is 1. The maximum absolute atomic E-state index is 12.0. The number of hydrogen-bond acceptors (Lipinski definition) is 6. The Morgan fingerprint density at radius 2 is 2.05 bits per heavy atom. The monoisotopic (exact) mass is 300 g/mol. The highest BCUT2D eigenvalue weighted by molar-refractivity contribution is 7.91. The van der Waals surface area contributed by atoms with E-state index in [4.69, 9.17) is 10.5 Å². The minimum Gasteiger partial charge on any atom is -0.459 e. The Balaban J connectivity index is 2.78. The SMILES string of the molecule is CC(C)(C)OC(=O)CS(=O)(=O)Cc1cccnc1CN. The average molecular weight is 300 g/mol. The number of nitrogens with zero attached hydrogens (tertiary/aromatic N) is 1. The lowest BCUT2D eigenvalue weighted by molar-refractivity contribution is -0.151. The topological polar surface area (TPSA) is 99.4 Å². The van der Waals surface area contributed by atoms with E-state index in [1.807, 2.05) is 0 Å². The van der Waals surface area contributed by atoms with Gasteiger partial charge in [-0.3, -0.25) is 9.78 Å². The van der Waals surface area contributed by atoms with Gasteiger partial charge < -0.3 is 10.5 Å². The fourth-order valence-electron chi connectivity index (χ4n) is 1.62. The molecule has 0 aliphatic rings. The summed E-state index contributed by atoms with van der Waals surface area (Å²) in [7, 11) is -3.61. The summed E-state index contributed by atoms with van der Waals surface area (Å²) in [6.45, 7) is 5.21. The van der Waals surface area contributed by atoms with E-state index in [2.05, 4.69) is 4.98 Å². The fraction of sp³-hybridized carbons (Fsp3) is 0.538. The van der Waals surface area contributed by atoms with Crippen LogP contribution in [0.25, 0.3) is 0 Å². The third kappa shape index (κ3) is 5.66. The van der Waals surface area contributed by atoms with Crippen molar-refractivity contribution in [2.45, 2.75) is 38.7 Å². The molecule has 0 aromatic carbocycles. The van der Waals surface area contributed by atoms with Gasteiger partial charge in [-0.2, -0.15) is 0 Å². The van der Waals surface area contributed by atoms with Crippen LogP contribution in [0, 0.1) is 0 Å². The zero-order chi connectivity index (χ0) is 15.4. The molecule has 0 amide bonds. The van der Waals surface area contributed by atoms with E-state index in [-0.39, 0.29) is 12.3 Å². The van der Waals surface area contributed by atoms with Gasteiger partial charge in [0.15, 0.2) is 9.84 Å². The molecule has 2 N–H and O–H groups in total. The summed E-state index contributed by atoms with van der Waals surface area (Å²) >= 11 is 0. The number of rotatable bonds is 5. The number of aromatic nitrogens is 1. The molecule has 1 rings (SSSR count). The molecule has 0 radical (unpaired) electrons. The van der Waals surface area contributed by atoms with E-state index < -0.39 is 27.2 Å². The molecule has 112 valence electrons. The van der Waals surface area contributed by atoms with Crippen LogP contribution >= 0.6 is 0 Å². The lowest BCUT2D eigenvalue weighted by atomic mass is 10.2. The van der Waals surface area contributed by atoms with Crippen LogP contribution in [0.3, 0.4) is 0 Å². The van der Waals surface area contributed by atoms with Gasteiger partial charge in [-0.1, -0.05) is 6.07 Å². The van der Waals surface area contributed by atoms with E-state index >= 15 is 0 Å². The Labute approximate surface area is 119 Å². The molecule has 0 spiro atoms. The average Bonchev–Trinajstić information content (AvgIpc) is 2.25. The highest BCUT2D eigenvalue weighted by atomic mass is 32.2.